The van der Waals surface area contributed by atoms with Crippen LogP contribution >= 0.6 is 11.3 Å². The molecular formula is C24H29N7O2S. The predicted molar refractivity (Wildman–Crippen MR) is 131 cm³/mol. The smallest absolute Gasteiger partial charge is 0.257 e. The molecule has 0 radical (unpaired) electrons. The van der Waals surface area contributed by atoms with Crippen molar-refractivity contribution in [1.82, 2.24) is 24.8 Å². The second kappa shape index (κ2) is 8.74. The zero-order valence-corrected chi connectivity index (χ0v) is 20.2. The number of rotatable bonds is 5. The Morgan fingerprint density at radius 1 is 1.18 bits per heavy atom. The number of morpholine rings is 1. The van der Waals surface area contributed by atoms with E-state index in [2.05, 4.69) is 43.1 Å². The Kier molecular flexibility index (Phi) is 5.57. The van der Waals surface area contributed by atoms with Crippen molar-refractivity contribution in [2.75, 3.05) is 49.6 Å². The van der Waals surface area contributed by atoms with Crippen molar-refractivity contribution in [3.63, 3.8) is 0 Å². The van der Waals surface area contributed by atoms with Crippen molar-refractivity contribution < 1.29 is 9.53 Å². The molecule has 0 unspecified atom stereocenters. The first kappa shape index (κ1) is 21.7. The Labute approximate surface area is 202 Å². The third-order valence-corrected chi connectivity index (χ3v) is 8.52. The van der Waals surface area contributed by atoms with Crippen LogP contribution in [0.2, 0.25) is 0 Å². The predicted octanol–water partition coefficient (Wildman–Crippen LogP) is 2.99. The minimum absolute atomic E-state index is 0.0287. The molecule has 1 spiro atoms. The Balaban J connectivity index is 1.06. The Morgan fingerprint density at radius 3 is 2.74 bits per heavy atom. The highest BCUT2D eigenvalue weighted by Crippen LogP contribution is 2.50. The van der Waals surface area contributed by atoms with Crippen LogP contribution in [0.25, 0.3) is 10.2 Å². The second-order valence-corrected chi connectivity index (χ2v) is 10.7. The number of hydrogen-bond acceptors (Lipinski definition) is 9. The number of carbonyl (C=O) groups excluding carboxylic acids is 1. The van der Waals surface area contributed by atoms with E-state index in [0.29, 0.717) is 49.3 Å². The van der Waals surface area contributed by atoms with Crippen LogP contribution in [-0.4, -0.2) is 76.2 Å². The maximum Gasteiger partial charge on any atom is 0.257 e. The SMILES string of the molecule is CCc1cc2c(N3CCC4(CC(Nc5ncc(C(=O)N6CCOCC6)cn5)C4)C3)ncnc2s1. The third kappa shape index (κ3) is 3.98. The highest BCUT2D eigenvalue weighted by Gasteiger charge is 2.49. The molecule has 1 aliphatic carbocycles. The van der Waals surface area contributed by atoms with Gasteiger partial charge in [0.15, 0.2) is 0 Å². The summed E-state index contributed by atoms with van der Waals surface area (Å²) in [6, 6.07) is 2.62. The van der Waals surface area contributed by atoms with Gasteiger partial charge in [0.05, 0.1) is 24.2 Å². The van der Waals surface area contributed by atoms with Crippen molar-refractivity contribution in [3.05, 3.63) is 35.2 Å². The maximum absolute atomic E-state index is 12.6. The second-order valence-electron chi connectivity index (χ2n) is 9.60. The molecule has 0 bridgehead atoms. The fourth-order valence-corrected chi connectivity index (χ4v) is 6.43. The van der Waals surface area contributed by atoms with Crippen molar-refractivity contribution in [1.29, 1.82) is 0 Å². The van der Waals surface area contributed by atoms with E-state index in [1.807, 2.05) is 0 Å². The summed E-state index contributed by atoms with van der Waals surface area (Å²) in [6.45, 7) is 6.65. The van der Waals surface area contributed by atoms with E-state index in [0.717, 1.165) is 43.0 Å². The largest absolute Gasteiger partial charge is 0.378 e. The van der Waals surface area contributed by atoms with Gasteiger partial charge in [-0.3, -0.25) is 4.79 Å². The fraction of sp³-hybridized carbons (Fsp3) is 0.542. The van der Waals surface area contributed by atoms with E-state index < -0.39 is 0 Å². The van der Waals surface area contributed by atoms with Gasteiger partial charge in [-0.1, -0.05) is 6.92 Å². The van der Waals surface area contributed by atoms with Gasteiger partial charge < -0.3 is 19.9 Å². The summed E-state index contributed by atoms with van der Waals surface area (Å²) in [5.41, 5.74) is 0.852. The maximum atomic E-state index is 12.6. The van der Waals surface area contributed by atoms with Gasteiger partial charge in [0, 0.05) is 49.5 Å². The minimum atomic E-state index is -0.0287. The Morgan fingerprint density at radius 2 is 1.97 bits per heavy atom. The zero-order chi connectivity index (χ0) is 23.1. The van der Waals surface area contributed by atoms with E-state index in [-0.39, 0.29) is 5.91 Å². The lowest BCUT2D eigenvalue weighted by Crippen LogP contribution is -2.47. The van der Waals surface area contributed by atoms with Crippen molar-refractivity contribution in [3.8, 4) is 0 Å². The van der Waals surface area contributed by atoms with Crippen LogP contribution in [0.4, 0.5) is 11.8 Å². The molecule has 3 aromatic heterocycles. The summed E-state index contributed by atoms with van der Waals surface area (Å²) in [5.74, 6) is 1.65. The number of ether oxygens (including phenoxy) is 1. The van der Waals surface area contributed by atoms with E-state index in [4.69, 9.17) is 4.74 Å². The van der Waals surface area contributed by atoms with Gasteiger partial charge in [0.1, 0.15) is 17.0 Å². The summed E-state index contributed by atoms with van der Waals surface area (Å²) in [7, 11) is 0. The molecule has 6 rings (SSSR count). The number of nitrogens with one attached hydrogen (secondary N) is 1. The summed E-state index contributed by atoms with van der Waals surface area (Å²) >= 11 is 1.77. The van der Waals surface area contributed by atoms with Gasteiger partial charge in [-0.15, -0.1) is 11.3 Å². The molecular weight excluding hydrogens is 450 g/mol. The quantitative estimate of drug-likeness (QED) is 0.597. The van der Waals surface area contributed by atoms with Crippen LogP contribution in [0.5, 0.6) is 0 Å². The van der Waals surface area contributed by atoms with Gasteiger partial charge in [-0.2, -0.15) is 0 Å². The molecule has 0 atom stereocenters. The molecule has 9 nitrogen and oxygen atoms in total. The first-order valence-electron chi connectivity index (χ1n) is 12.1. The number of fused-ring (bicyclic) bond motifs is 1. The number of aryl methyl sites for hydroxylation is 1. The lowest BCUT2D eigenvalue weighted by Gasteiger charge is -2.45. The van der Waals surface area contributed by atoms with Crippen molar-refractivity contribution >= 4 is 39.2 Å². The molecule has 34 heavy (non-hydrogen) atoms. The summed E-state index contributed by atoms with van der Waals surface area (Å²) in [5, 5.41) is 4.65. The lowest BCUT2D eigenvalue weighted by atomic mass is 9.65. The lowest BCUT2D eigenvalue weighted by molar-refractivity contribution is 0.0302. The molecule has 2 saturated heterocycles. The molecule has 1 saturated carbocycles. The monoisotopic (exact) mass is 479 g/mol. The molecule has 0 aromatic carbocycles. The molecule has 3 aromatic rings. The van der Waals surface area contributed by atoms with Crippen molar-refractivity contribution in [2.45, 2.75) is 38.6 Å². The average Bonchev–Trinajstić information content (AvgIpc) is 3.49. The first-order valence-corrected chi connectivity index (χ1v) is 12.9. The average molecular weight is 480 g/mol. The van der Waals surface area contributed by atoms with E-state index >= 15 is 0 Å². The molecule has 1 amide bonds. The first-order chi connectivity index (χ1) is 16.6. The van der Waals surface area contributed by atoms with Gasteiger partial charge >= 0.3 is 0 Å². The molecule has 2 aliphatic heterocycles. The van der Waals surface area contributed by atoms with Crippen molar-refractivity contribution in [2.24, 2.45) is 5.41 Å². The van der Waals surface area contributed by atoms with Crippen LogP contribution in [-0.2, 0) is 11.2 Å². The summed E-state index contributed by atoms with van der Waals surface area (Å²) < 4.78 is 5.32. The number of hydrogen-bond donors (Lipinski definition) is 1. The fourth-order valence-electron chi connectivity index (χ4n) is 5.50. The van der Waals surface area contributed by atoms with Gasteiger partial charge in [-0.25, -0.2) is 19.9 Å². The van der Waals surface area contributed by atoms with Crippen LogP contribution in [0.1, 0.15) is 41.4 Å². The number of anilines is 2. The molecule has 1 N–H and O–H groups in total. The third-order valence-electron chi connectivity index (χ3n) is 7.33. The topological polar surface area (TPSA) is 96.4 Å². The number of thiophene rings is 1. The molecule has 3 fully saturated rings. The van der Waals surface area contributed by atoms with Crippen LogP contribution in [0.3, 0.4) is 0 Å². The van der Waals surface area contributed by atoms with Crippen LogP contribution < -0.4 is 10.2 Å². The van der Waals surface area contributed by atoms with E-state index in [1.54, 1.807) is 35.0 Å². The van der Waals surface area contributed by atoms with Gasteiger partial charge in [-0.05, 0) is 37.2 Å². The number of aromatic nitrogens is 4. The minimum Gasteiger partial charge on any atom is -0.378 e. The van der Waals surface area contributed by atoms with Crippen LogP contribution in [0.15, 0.2) is 24.8 Å². The zero-order valence-electron chi connectivity index (χ0n) is 19.4. The Bertz CT molecular complexity index is 1190. The van der Waals surface area contributed by atoms with Gasteiger partial charge in [0.25, 0.3) is 5.91 Å². The number of amides is 1. The molecule has 3 aliphatic rings. The number of carbonyl (C=O) groups is 1. The Hall–Kier alpha value is -2.85. The highest BCUT2D eigenvalue weighted by atomic mass is 32.1. The molecule has 178 valence electrons. The molecule has 5 heterocycles. The summed E-state index contributed by atoms with van der Waals surface area (Å²) in [6.07, 6.45) is 9.36. The standard InChI is InChI=1S/C24H29N7O2S/c1-2-18-9-19-20(27-15-28-21(19)34-18)31-4-3-24(14-31)10-17(11-24)29-23-25-12-16(13-26-23)22(32)30-5-7-33-8-6-30/h9,12-13,15,17H,2-8,10-11,14H2,1H3,(H,25,26,29). The van der Waals surface area contributed by atoms with E-state index in [1.165, 1.54) is 16.7 Å². The van der Waals surface area contributed by atoms with Gasteiger partial charge in [0.2, 0.25) is 5.95 Å². The summed E-state index contributed by atoms with van der Waals surface area (Å²) in [4.78, 5) is 37.2. The highest BCUT2D eigenvalue weighted by molar-refractivity contribution is 7.18. The van der Waals surface area contributed by atoms with E-state index in [9.17, 15) is 4.79 Å². The molecule has 10 heteroatoms. The normalized spacial score (nSPS) is 24.6. The number of nitrogens with zero attached hydrogens (tertiary/aromatic N) is 6. The van der Waals surface area contributed by atoms with Crippen LogP contribution in [0, 0.1) is 5.41 Å².